The van der Waals surface area contributed by atoms with E-state index >= 15 is 0 Å². The maximum atomic E-state index is 11.4. The van der Waals surface area contributed by atoms with Crippen LogP contribution in [-0.2, 0) is 11.3 Å². The molecule has 23 heavy (non-hydrogen) atoms. The molecule has 2 heterocycles. The van der Waals surface area contributed by atoms with E-state index in [0.717, 1.165) is 5.76 Å². The predicted molar refractivity (Wildman–Crippen MR) is 81.5 cm³/mol. The molecule has 0 atom stereocenters. The Kier molecular flexibility index (Phi) is 3.94. The number of furan rings is 1. The summed E-state index contributed by atoms with van der Waals surface area (Å²) in [5.41, 5.74) is 0.561. The third-order valence-corrected chi connectivity index (χ3v) is 3.27. The first-order chi connectivity index (χ1) is 11.1. The molecule has 3 rings (SSSR count). The third kappa shape index (κ3) is 2.86. The number of hydrogen-bond acceptors (Lipinski definition) is 5. The number of hydrogen-bond donors (Lipinski definition) is 1. The Morgan fingerprint density at radius 2 is 2.09 bits per heavy atom. The molecule has 0 unspecified atom stereocenters. The molecular formula is C16H15N3O4. The monoisotopic (exact) mass is 313 g/mol. The van der Waals surface area contributed by atoms with Crippen LogP contribution in [0.1, 0.15) is 21.9 Å². The normalized spacial score (nSPS) is 10.9. The van der Waals surface area contributed by atoms with Crippen molar-refractivity contribution in [2.75, 3.05) is 7.11 Å². The molecule has 7 nitrogen and oxygen atoms in total. The largest absolute Gasteiger partial charge is 0.478 e. The van der Waals surface area contributed by atoms with Gasteiger partial charge in [-0.25, -0.2) is 14.5 Å². The van der Waals surface area contributed by atoms with Gasteiger partial charge in [-0.05, 0) is 31.2 Å². The highest BCUT2D eigenvalue weighted by Crippen LogP contribution is 2.22. The average Bonchev–Trinajstić information content (AvgIpc) is 3.14. The first-order valence-corrected chi connectivity index (χ1v) is 6.94. The van der Waals surface area contributed by atoms with Crippen molar-refractivity contribution < 1.29 is 19.1 Å². The summed E-state index contributed by atoms with van der Waals surface area (Å²) < 4.78 is 12.1. The minimum atomic E-state index is -1.03. The maximum absolute atomic E-state index is 11.4. The Morgan fingerprint density at radius 1 is 1.30 bits per heavy atom. The summed E-state index contributed by atoms with van der Waals surface area (Å²) in [6.45, 7) is 2.02. The predicted octanol–water partition coefficient (Wildman–Crippen LogP) is 2.68. The van der Waals surface area contributed by atoms with Gasteiger partial charge in [0.2, 0.25) is 5.82 Å². The minimum Gasteiger partial charge on any atom is -0.478 e. The van der Waals surface area contributed by atoms with E-state index in [9.17, 15) is 9.90 Å². The second-order valence-electron chi connectivity index (χ2n) is 4.93. The van der Waals surface area contributed by atoms with E-state index in [1.165, 1.54) is 10.7 Å². The SMILES string of the molecule is COCc1nc(-c2ccc(C)o2)nn1-c1ccccc1C(=O)O. The van der Waals surface area contributed by atoms with E-state index < -0.39 is 5.97 Å². The van der Waals surface area contributed by atoms with Crippen molar-refractivity contribution in [2.24, 2.45) is 0 Å². The van der Waals surface area contributed by atoms with Crippen LogP contribution in [-0.4, -0.2) is 33.0 Å². The molecule has 7 heteroatoms. The Hall–Kier alpha value is -2.93. The molecule has 3 aromatic rings. The van der Waals surface area contributed by atoms with Crippen molar-refractivity contribution in [2.45, 2.75) is 13.5 Å². The van der Waals surface area contributed by atoms with Gasteiger partial charge in [-0.2, -0.15) is 0 Å². The molecule has 0 saturated heterocycles. The molecule has 118 valence electrons. The van der Waals surface area contributed by atoms with Crippen LogP contribution in [0.25, 0.3) is 17.3 Å². The van der Waals surface area contributed by atoms with Crippen LogP contribution in [0.4, 0.5) is 0 Å². The quantitative estimate of drug-likeness (QED) is 0.779. The number of para-hydroxylation sites is 1. The zero-order valence-electron chi connectivity index (χ0n) is 12.7. The Bertz CT molecular complexity index is 851. The summed E-state index contributed by atoms with van der Waals surface area (Å²) in [6, 6.07) is 10.2. The Balaban J connectivity index is 2.15. The van der Waals surface area contributed by atoms with Gasteiger partial charge in [-0.1, -0.05) is 12.1 Å². The molecule has 1 aromatic carbocycles. The number of aryl methyl sites for hydroxylation is 1. The first-order valence-electron chi connectivity index (χ1n) is 6.94. The van der Waals surface area contributed by atoms with E-state index in [0.29, 0.717) is 23.1 Å². The molecule has 0 fully saturated rings. The Labute approximate surface area is 132 Å². The van der Waals surface area contributed by atoms with E-state index in [4.69, 9.17) is 9.15 Å². The summed E-state index contributed by atoms with van der Waals surface area (Å²) in [4.78, 5) is 15.8. The van der Waals surface area contributed by atoms with E-state index in [2.05, 4.69) is 10.1 Å². The highest BCUT2D eigenvalue weighted by atomic mass is 16.5. The van der Waals surface area contributed by atoms with E-state index in [1.807, 2.05) is 13.0 Å². The minimum absolute atomic E-state index is 0.136. The zero-order chi connectivity index (χ0) is 16.4. The van der Waals surface area contributed by atoms with E-state index in [1.54, 1.807) is 31.4 Å². The number of carbonyl (C=O) groups is 1. The van der Waals surface area contributed by atoms with E-state index in [-0.39, 0.29) is 12.2 Å². The standard InChI is InChI=1S/C16H15N3O4/c1-10-7-8-13(23-10)15-17-14(9-22-2)19(18-15)12-6-4-3-5-11(12)16(20)21/h3-8H,9H2,1-2H3,(H,20,21). The van der Waals surface area contributed by atoms with Gasteiger partial charge in [0.1, 0.15) is 12.4 Å². The van der Waals surface area contributed by atoms with Crippen molar-refractivity contribution >= 4 is 5.97 Å². The lowest BCUT2D eigenvalue weighted by molar-refractivity contribution is 0.0696. The second kappa shape index (κ2) is 6.05. The number of aromatic nitrogens is 3. The number of carboxylic acids is 1. The number of aromatic carboxylic acids is 1. The highest BCUT2D eigenvalue weighted by molar-refractivity contribution is 5.91. The van der Waals surface area contributed by atoms with Crippen molar-refractivity contribution in [3.8, 4) is 17.3 Å². The van der Waals surface area contributed by atoms with Gasteiger partial charge in [0.25, 0.3) is 0 Å². The van der Waals surface area contributed by atoms with Crippen LogP contribution in [0.2, 0.25) is 0 Å². The molecule has 2 aromatic heterocycles. The molecule has 0 amide bonds. The van der Waals surface area contributed by atoms with Gasteiger partial charge in [-0.3, -0.25) is 0 Å². The maximum Gasteiger partial charge on any atom is 0.337 e. The topological polar surface area (TPSA) is 90.4 Å². The van der Waals surface area contributed by atoms with Gasteiger partial charge >= 0.3 is 5.97 Å². The zero-order valence-corrected chi connectivity index (χ0v) is 12.7. The van der Waals surface area contributed by atoms with Crippen LogP contribution in [0.5, 0.6) is 0 Å². The fourth-order valence-electron chi connectivity index (χ4n) is 2.26. The van der Waals surface area contributed by atoms with Crippen LogP contribution in [0.3, 0.4) is 0 Å². The van der Waals surface area contributed by atoms with Crippen molar-refractivity contribution in [1.29, 1.82) is 0 Å². The molecule has 0 aliphatic carbocycles. The van der Waals surface area contributed by atoms with Crippen molar-refractivity contribution in [3.05, 3.63) is 53.5 Å². The lowest BCUT2D eigenvalue weighted by Crippen LogP contribution is -2.10. The second-order valence-corrected chi connectivity index (χ2v) is 4.93. The van der Waals surface area contributed by atoms with Gasteiger partial charge in [0, 0.05) is 7.11 Å². The number of carboxylic acid groups (broad SMARTS) is 1. The number of benzene rings is 1. The van der Waals surface area contributed by atoms with Crippen molar-refractivity contribution in [1.82, 2.24) is 14.8 Å². The fourth-order valence-corrected chi connectivity index (χ4v) is 2.26. The molecule has 1 N–H and O–H groups in total. The number of ether oxygens (including phenoxy) is 1. The molecule has 0 aliphatic rings. The molecule has 0 aliphatic heterocycles. The van der Waals surface area contributed by atoms with Gasteiger partial charge < -0.3 is 14.3 Å². The average molecular weight is 313 g/mol. The van der Waals surface area contributed by atoms with Crippen LogP contribution < -0.4 is 0 Å². The fraction of sp³-hybridized carbons (Fsp3) is 0.188. The van der Waals surface area contributed by atoms with Crippen molar-refractivity contribution in [3.63, 3.8) is 0 Å². The molecule has 0 bridgehead atoms. The van der Waals surface area contributed by atoms with Gasteiger partial charge in [0.05, 0.1) is 11.3 Å². The number of nitrogens with zero attached hydrogens (tertiary/aromatic N) is 3. The molecular weight excluding hydrogens is 298 g/mol. The van der Waals surface area contributed by atoms with Gasteiger partial charge in [-0.15, -0.1) is 5.10 Å². The molecule has 0 spiro atoms. The summed E-state index contributed by atoms with van der Waals surface area (Å²) in [7, 11) is 1.54. The first kappa shape index (κ1) is 15.0. The number of rotatable bonds is 5. The summed E-state index contributed by atoms with van der Waals surface area (Å²) in [6.07, 6.45) is 0. The van der Waals surface area contributed by atoms with Crippen LogP contribution in [0, 0.1) is 6.92 Å². The number of methoxy groups -OCH3 is 1. The third-order valence-electron chi connectivity index (χ3n) is 3.27. The summed E-state index contributed by atoms with van der Waals surface area (Å²) in [5.74, 6) is 1.10. The van der Waals surface area contributed by atoms with Crippen LogP contribution >= 0.6 is 0 Å². The van der Waals surface area contributed by atoms with Gasteiger partial charge in [0.15, 0.2) is 11.6 Å². The highest BCUT2D eigenvalue weighted by Gasteiger charge is 2.19. The lowest BCUT2D eigenvalue weighted by atomic mass is 10.2. The smallest absolute Gasteiger partial charge is 0.337 e. The Morgan fingerprint density at radius 3 is 2.74 bits per heavy atom. The lowest BCUT2D eigenvalue weighted by Gasteiger charge is -2.08. The van der Waals surface area contributed by atoms with Crippen LogP contribution in [0.15, 0.2) is 40.8 Å². The summed E-state index contributed by atoms with van der Waals surface area (Å²) >= 11 is 0. The summed E-state index contributed by atoms with van der Waals surface area (Å²) in [5, 5.41) is 13.8. The molecule has 0 radical (unpaired) electrons. The molecule has 0 saturated carbocycles.